The molecule has 0 saturated heterocycles. The van der Waals surface area contributed by atoms with E-state index in [9.17, 15) is 19.0 Å². The molecule has 97 heavy (non-hydrogen) atoms. The predicted molar refractivity (Wildman–Crippen MR) is 420 cm³/mol. The summed E-state index contributed by atoms with van der Waals surface area (Å²) in [6.45, 7) is 4.20. The van der Waals surface area contributed by atoms with Crippen LogP contribution < -0.4 is 4.89 Å². The van der Waals surface area contributed by atoms with Crippen LogP contribution in [-0.4, -0.2) is 70.0 Å². The zero-order valence-electron chi connectivity index (χ0n) is 65.0. The molecule has 0 heterocycles. The quantitative estimate of drug-likeness (QED) is 0.0195. The number of likely N-dealkylation sites (N-methyl/N-ethyl adjacent to an activating group) is 1. The number of esters is 2. The van der Waals surface area contributed by atoms with E-state index in [2.05, 4.69) is 86.8 Å². The number of rotatable bonds is 79. The minimum absolute atomic E-state index is 0.0292. The molecule has 0 aliphatic carbocycles. The predicted octanol–water partition coefficient (Wildman–Crippen LogP) is 27.6. The van der Waals surface area contributed by atoms with Crippen molar-refractivity contribution >= 4 is 19.8 Å². The van der Waals surface area contributed by atoms with Gasteiger partial charge < -0.3 is 27.9 Å². The Morgan fingerprint density at radius 1 is 0.330 bits per heavy atom. The summed E-state index contributed by atoms with van der Waals surface area (Å²) >= 11 is 0. The molecule has 10 heteroatoms. The lowest BCUT2D eigenvalue weighted by Crippen LogP contribution is -2.37. The van der Waals surface area contributed by atoms with Gasteiger partial charge in [-0.05, 0) is 64.2 Å². The summed E-state index contributed by atoms with van der Waals surface area (Å²) in [6, 6.07) is 0. The van der Waals surface area contributed by atoms with Crippen LogP contribution in [0.1, 0.15) is 418 Å². The normalized spacial score (nSPS) is 13.3. The molecular weight excluding hydrogens is 1220 g/mol. The van der Waals surface area contributed by atoms with Crippen LogP contribution in [0.5, 0.6) is 0 Å². The maximum atomic E-state index is 12.9. The number of hydrogen-bond donors (Lipinski definition) is 0. The third-order valence-corrected chi connectivity index (χ3v) is 20.0. The lowest BCUT2D eigenvalue weighted by Gasteiger charge is -2.28. The number of ether oxygens (including phenoxy) is 2. The summed E-state index contributed by atoms with van der Waals surface area (Å²) in [4.78, 5) is 38.2. The Labute approximate surface area is 603 Å². The average molecular weight is 1380 g/mol. The maximum Gasteiger partial charge on any atom is 0.306 e. The van der Waals surface area contributed by atoms with Crippen molar-refractivity contribution in [3.05, 3.63) is 72.9 Å². The second-order valence-electron chi connectivity index (χ2n) is 29.8. The van der Waals surface area contributed by atoms with E-state index in [0.717, 1.165) is 77.0 Å². The number of unbranched alkanes of at least 4 members (excludes halogenated alkanes) is 53. The van der Waals surface area contributed by atoms with Crippen LogP contribution in [-0.2, 0) is 32.7 Å². The van der Waals surface area contributed by atoms with Crippen molar-refractivity contribution in [3.8, 4) is 0 Å². The number of quaternary nitrogens is 1. The highest BCUT2D eigenvalue weighted by molar-refractivity contribution is 7.45. The van der Waals surface area contributed by atoms with Crippen molar-refractivity contribution in [2.24, 2.45) is 0 Å². The van der Waals surface area contributed by atoms with E-state index < -0.39 is 26.5 Å². The molecule has 0 aliphatic heterocycles. The van der Waals surface area contributed by atoms with Gasteiger partial charge in [-0.25, -0.2) is 0 Å². The first-order valence-electron chi connectivity index (χ1n) is 42.1. The smallest absolute Gasteiger partial charge is 0.306 e. The van der Waals surface area contributed by atoms with Gasteiger partial charge in [-0.1, -0.05) is 414 Å². The Hall–Kier alpha value is -2.55. The molecule has 0 bridgehead atoms. The summed E-state index contributed by atoms with van der Waals surface area (Å²) < 4.78 is 34.5. The first kappa shape index (κ1) is 94.5. The minimum atomic E-state index is -4.65. The zero-order valence-corrected chi connectivity index (χ0v) is 65.9. The summed E-state index contributed by atoms with van der Waals surface area (Å²) in [5.41, 5.74) is 0. The minimum Gasteiger partial charge on any atom is -0.756 e. The lowest BCUT2D eigenvalue weighted by molar-refractivity contribution is -0.870. The van der Waals surface area contributed by atoms with Gasteiger partial charge in [0.15, 0.2) is 6.10 Å². The second-order valence-corrected chi connectivity index (χ2v) is 31.2. The number of nitrogens with zero attached hydrogens (tertiary/aromatic N) is 1. The fraction of sp³-hybridized carbons (Fsp3) is 0.839. The number of phosphoric acid groups is 1. The Balaban J connectivity index is 3.90. The van der Waals surface area contributed by atoms with E-state index >= 15 is 0 Å². The lowest BCUT2D eigenvalue weighted by atomic mass is 10.0. The van der Waals surface area contributed by atoms with Crippen molar-refractivity contribution in [2.75, 3.05) is 47.5 Å². The Kier molecular flexibility index (Phi) is 75.6. The first-order valence-corrected chi connectivity index (χ1v) is 43.6. The van der Waals surface area contributed by atoms with Gasteiger partial charge in [-0.2, -0.15) is 0 Å². The van der Waals surface area contributed by atoms with E-state index in [4.69, 9.17) is 18.5 Å². The van der Waals surface area contributed by atoms with Gasteiger partial charge in [-0.3, -0.25) is 14.2 Å². The molecule has 0 aromatic heterocycles. The van der Waals surface area contributed by atoms with Gasteiger partial charge in [0.25, 0.3) is 7.82 Å². The molecule has 0 rings (SSSR count). The molecule has 0 fully saturated rings. The summed E-state index contributed by atoms with van der Waals surface area (Å²) in [6.07, 6.45) is 106. The molecule has 2 unspecified atom stereocenters. The monoisotopic (exact) mass is 1380 g/mol. The van der Waals surface area contributed by atoms with Crippen molar-refractivity contribution < 1.29 is 42.1 Å². The molecule has 0 spiro atoms. The molecule has 0 aromatic rings. The van der Waals surface area contributed by atoms with Crippen LogP contribution in [0.4, 0.5) is 0 Å². The summed E-state index contributed by atoms with van der Waals surface area (Å²) in [5.74, 6) is -0.811. The number of phosphoric ester groups is 1. The van der Waals surface area contributed by atoms with E-state index in [1.807, 2.05) is 21.1 Å². The molecule has 0 amide bonds. The number of carbonyl (C=O) groups excluding carboxylic acids is 2. The molecule has 9 nitrogen and oxygen atoms in total. The van der Waals surface area contributed by atoms with E-state index in [1.165, 1.54) is 308 Å². The van der Waals surface area contributed by atoms with Crippen LogP contribution in [0.3, 0.4) is 0 Å². The van der Waals surface area contributed by atoms with Crippen molar-refractivity contribution in [3.63, 3.8) is 0 Å². The van der Waals surface area contributed by atoms with Crippen molar-refractivity contribution in [2.45, 2.75) is 424 Å². The highest BCUT2D eigenvalue weighted by atomic mass is 31.2. The molecule has 568 valence electrons. The molecule has 0 saturated carbocycles. The summed E-state index contributed by atoms with van der Waals surface area (Å²) in [7, 11) is 1.19. The number of allylic oxidation sites excluding steroid dienone is 12. The third kappa shape index (κ3) is 82.3. The van der Waals surface area contributed by atoms with E-state index in [0.29, 0.717) is 17.4 Å². The highest BCUT2D eigenvalue weighted by Crippen LogP contribution is 2.38. The molecule has 0 N–H and O–H groups in total. The standard InChI is InChI=1S/C87H162NO8P/c1-6-8-10-12-14-16-18-20-22-24-26-28-30-32-34-36-38-40-42-44-46-48-50-52-54-56-58-60-62-64-66-68-70-72-74-76-78-80-87(90)96-85(84-95-97(91,92)94-82-81-88(3,4)5)83-93-86(89)79-77-75-73-71-69-67-65-63-61-59-57-55-53-51-49-47-45-43-41-39-37-35-33-31-29-27-25-23-21-19-17-15-13-11-9-7-2/h8,10,14,16,20,22,26,28,32,34,38,40,85H,6-7,9,11-13,15,17-19,21,23-25,27,29-31,33,35-37,39,41-84H2,1-5H3/b10-8-,16-14-,22-20-,28-26-,34-32-,40-38-. The summed E-state index contributed by atoms with van der Waals surface area (Å²) in [5, 5.41) is 0. The van der Waals surface area contributed by atoms with Crippen LogP contribution in [0.25, 0.3) is 0 Å². The fourth-order valence-corrected chi connectivity index (χ4v) is 13.3. The van der Waals surface area contributed by atoms with Gasteiger partial charge in [0.1, 0.15) is 19.8 Å². The SMILES string of the molecule is CC/C=C\C/C=C\C/C=C\C/C=C\C/C=C\C/C=C\CCCCCCCCCCCCCCCCCCCCC(=O)OC(COC(=O)CCCCCCCCCCCCCCCCCCCCCCCCCCCCCCCCCCCCCC)COP(=O)([O-])OCC[N+](C)(C)C. The van der Waals surface area contributed by atoms with Crippen LogP contribution >= 0.6 is 7.82 Å². The third-order valence-electron chi connectivity index (χ3n) is 19.0. The van der Waals surface area contributed by atoms with E-state index in [1.54, 1.807) is 0 Å². The van der Waals surface area contributed by atoms with Crippen LogP contribution in [0, 0.1) is 0 Å². The largest absolute Gasteiger partial charge is 0.756 e. The number of hydrogen-bond acceptors (Lipinski definition) is 8. The van der Waals surface area contributed by atoms with Gasteiger partial charge in [-0.15, -0.1) is 0 Å². The molecule has 0 aromatic carbocycles. The van der Waals surface area contributed by atoms with Crippen molar-refractivity contribution in [1.82, 2.24) is 0 Å². The Morgan fingerprint density at radius 3 is 0.876 bits per heavy atom. The highest BCUT2D eigenvalue weighted by Gasteiger charge is 2.22. The van der Waals surface area contributed by atoms with Gasteiger partial charge >= 0.3 is 11.9 Å². The van der Waals surface area contributed by atoms with Gasteiger partial charge in [0, 0.05) is 12.8 Å². The van der Waals surface area contributed by atoms with Crippen LogP contribution in [0.15, 0.2) is 72.9 Å². The number of carbonyl (C=O) groups is 2. The molecule has 2 atom stereocenters. The first-order chi connectivity index (χ1) is 47.5. The maximum absolute atomic E-state index is 12.9. The Morgan fingerprint density at radius 2 is 0.588 bits per heavy atom. The molecular formula is C87H162NO8P. The zero-order chi connectivity index (χ0) is 70.4. The van der Waals surface area contributed by atoms with Gasteiger partial charge in [0.2, 0.25) is 0 Å². The second kappa shape index (κ2) is 77.6. The Bertz CT molecular complexity index is 1870. The van der Waals surface area contributed by atoms with E-state index in [-0.39, 0.29) is 32.0 Å². The molecule has 0 radical (unpaired) electrons. The molecule has 0 aliphatic rings. The fourth-order valence-electron chi connectivity index (χ4n) is 12.6. The van der Waals surface area contributed by atoms with Crippen molar-refractivity contribution in [1.29, 1.82) is 0 Å². The average Bonchev–Trinajstić information content (AvgIpc) is 1.41. The van der Waals surface area contributed by atoms with Gasteiger partial charge in [0.05, 0.1) is 27.7 Å². The van der Waals surface area contributed by atoms with Crippen LogP contribution in [0.2, 0.25) is 0 Å². The topological polar surface area (TPSA) is 111 Å².